The molecule has 0 saturated heterocycles. The number of hydrogen-bond acceptors (Lipinski definition) is 4. The zero-order valence-corrected chi connectivity index (χ0v) is 13.3. The van der Waals surface area contributed by atoms with Gasteiger partial charge in [0, 0.05) is 43.4 Å². The number of carbonyl (C=O) groups excluding carboxylic acids is 1. The minimum absolute atomic E-state index is 0.150. The zero-order valence-electron chi connectivity index (χ0n) is 13.3. The molecule has 1 amide bonds. The molecule has 6 nitrogen and oxygen atoms in total. The smallest absolute Gasteiger partial charge is 0.328 e. The van der Waals surface area contributed by atoms with E-state index in [1.165, 1.54) is 6.08 Å². The van der Waals surface area contributed by atoms with Crippen LogP contribution in [-0.2, 0) is 9.53 Å². The zero-order chi connectivity index (χ0) is 17.4. The number of carboxylic acids is 1. The van der Waals surface area contributed by atoms with Gasteiger partial charge >= 0.3 is 5.97 Å². The van der Waals surface area contributed by atoms with Crippen LogP contribution in [0, 0.1) is 0 Å². The van der Waals surface area contributed by atoms with E-state index in [0.717, 1.165) is 11.6 Å². The summed E-state index contributed by atoms with van der Waals surface area (Å²) in [6.45, 7) is 0.805. The van der Waals surface area contributed by atoms with Gasteiger partial charge in [-0.3, -0.25) is 9.78 Å². The summed E-state index contributed by atoms with van der Waals surface area (Å²) in [5, 5.41) is 8.65. The number of methoxy groups -OCH3 is 1. The molecule has 124 valence electrons. The van der Waals surface area contributed by atoms with Gasteiger partial charge in [-0.25, -0.2) is 4.79 Å². The Hall–Kier alpha value is -2.99. The molecule has 0 saturated carbocycles. The summed E-state index contributed by atoms with van der Waals surface area (Å²) < 4.78 is 5.09. The molecule has 0 unspecified atom stereocenters. The van der Waals surface area contributed by atoms with Crippen LogP contribution in [0.2, 0.25) is 0 Å². The number of nitrogens with zero attached hydrogens (tertiary/aromatic N) is 2. The molecule has 2 aromatic rings. The summed E-state index contributed by atoms with van der Waals surface area (Å²) in [5.74, 6) is -1.16. The van der Waals surface area contributed by atoms with Gasteiger partial charge in [-0.2, -0.15) is 0 Å². The maximum absolute atomic E-state index is 12.7. The standard InChI is InChI=1S/C18H18N2O4/c1-24-13-12-20(18(23)15-8-10-19-11-9-15)16-5-2-14(3-6-16)4-7-17(21)22/h2-11H,12-13H2,1H3,(H,21,22). The average molecular weight is 326 g/mol. The summed E-state index contributed by atoms with van der Waals surface area (Å²) in [5.41, 5.74) is 1.99. The number of rotatable bonds is 7. The SMILES string of the molecule is COCCN(C(=O)c1ccncc1)c1ccc(C=CC(=O)O)cc1. The second-order valence-corrected chi connectivity index (χ2v) is 4.95. The minimum atomic E-state index is -1.01. The molecule has 1 N–H and O–H groups in total. The van der Waals surface area contributed by atoms with Crippen LogP contribution < -0.4 is 4.90 Å². The first-order chi connectivity index (χ1) is 11.6. The maximum atomic E-state index is 12.7. The number of benzene rings is 1. The lowest BCUT2D eigenvalue weighted by Crippen LogP contribution is -2.33. The number of carboxylic acid groups (broad SMARTS) is 1. The first-order valence-corrected chi connectivity index (χ1v) is 7.33. The van der Waals surface area contributed by atoms with Gasteiger partial charge in [0.05, 0.1) is 6.61 Å². The molecule has 0 atom stereocenters. The highest BCUT2D eigenvalue weighted by atomic mass is 16.5. The Morgan fingerprint density at radius 2 is 1.83 bits per heavy atom. The van der Waals surface area contributed by atoms with E-state index in [9.17, 15) is 9.59 Å². The largest absolute Gasteiger partial charge is 0.478 e. The van der Waals surface area contributed by atoms with Gasteiger partial charge in [0.15, 0.2) is 0 Å². The van der Waals surface area contributed by atoms with E-state index in [0.29, 0.717) is 24.4 Å². The number of pyridine rings is 1. The van der Waals surface area contributed by atoms with Gasteiger partial charge in [0.25, 0.3) is 5.91 Å². The molecule has 0 aliphatic rings. The highest BCUT2D eigenvalue weighted by Crippen LogP contribution is 2.18. The van der Waals surface area contributed by atoms with Crippen molar-refractivity contribution in [3.05, 3.63) is 66.0 Å². The van der Waals surface area contributed by atoms with Crippen molar-refractivity contribution in [2.75, 3.05) is 25.2 Å². The summed E-state index contributed by atoms with van der Waals surface area (Å²) in [6, 6.07) is 10.4. The fourth-order valence-electron chi connectivity index (χ4n) is 2.11. The lowest BCUT2D eigenvalue weighted by atomic mass is 10.1. The van der Waals surface area contributed by atoms with E-state index in [1.54, 1.807) is 60.8 Å². The van der Waals surface area contributed by atoms with E-state index < -0.39 is 5.97 Å². The van der Waals surface area contributed by atoms with E-state index in [1.807, 2.05) is 0 Å². The first-order valence-electron chi connectivity index (χ1n) is 7.33. The van der Waals surface area contributed by atoms with Crippen molar-refractivity contribution in [1.82, 2.24) is 4.98 Å². The fraction of sp³-hybridized carbons (Fsp3) is 0.167. The number of carbonyl (C=O) groups is 2. The van der Waals surface area contributed by atoms with Crippen molar-refractivity contribution in [1.29, 1.82) is 0 Å². The number of aromatic nitrogens is 1. The number of aliphatic carboxylic acids is 1. The molecule has 0 aliphatic heterocycles. The van der Waals surface area contributed by atoms with Gasteiger partial charge < -0.3 is 14.7 Å². The van der Waals surface area contributed by atoms with Crippen molar-refractivity contribution in [2.45, 2.75) is 0 Å². The lowest BCUT2D eigenvalue weighted by molar-refractivity contribution is -0.131. The Balaban J connectivity index is 2.24. The Labute approximate surface area is 140 Å². The highest BCUT2D eigenvalue weighted by molar-refractivity contribution is 6.06. The van der Waals surface area contributed by atoms with Crippen LogP contribution in [0.1, 0.15) is 15.9 Å². The number of ether oxygens (including phenoxy) is 1. The molecule has 0 spiro atoms. The third-order valence-corrected chi connectivity index (χ3v) is 3.31. The first kappa shape index (κ1) is 17.4. The fourth-order valence-corrected chi connectivity index (χ4v) is 2.11. The van der Waals surface area contributed by atoms with Gasteiger partial charge in [0.2, 0.25) is 0 Å². The van der Waals surface area contributed by atoms with Crippen LogP contribution in [0.15, 0.2) is 54.9 Å². The maximum Gasteiger partial charge on any atom is 0.328 e. The van der Waals surface area contributed by atoms with Crippen molar-refractivity contribution >= 4 is 23.6 Å². The van der Waals surface area contributed by atoms with Crippen LogP contribution in [-0.4, -0.2) is 42.2 Å². The highest BCUT2D eigenvalue weighted by Gasteiger charge is 2.17. The Morgan fingerprint density at radius 1 is 1.17 bits per heavy atom. The Morgan fingerprint density at radius 3 is 2.42 bits per heavy atom. The van der Waals surface area contributed by atoms with Crippen molar-refractivity contribution < 1.29 is 19.4 Å². The Kier molecular flexibility index (Phi) is 6.22. The molecule has 1 heterocycles. The van der Waals surface area contributed by atoms with Gasteiger partial charge in [-0.15, -0.1) is 0 Å². The van der Waals surface area contributed by atoms with Crippen LogP contribution in [0.5, 0.6) is 0 Å². The van der Waals surface area contributed by atoms with E-state index >= 15 is 0 Å². The second-order valence-electron chi connectivity index (χ2n) is 4.95. The molecule has 1 aromatic heterocycles. The third kappa shape index (κ3) is 4.76. The van der Waals surface area contributed by atoms with Crippen molar-refractivity contribution in [2.24, 2.45) is 0 Å². The molecular formula is C18H18N2O4. The summed E-state index contributed by atoms with van der Waals surface area (Å²) >= 11 is 0. The monoisotopic (exact) mass is 326 g/mol. The van der Waals surface area contributed by atoms with E-state index in [-0.39, 0.29) is 5.91 Å². The van der Waals surface area contributed by atoms with Gasteiger partial charge in [-0.1, -0.05) is 12.1 Å². The second kappa shape index (κ2) is 8.59. The number of anilines is 1. The average Bonchev–Trinajstić information content (AvgIpc) is 2.61. The van der Waals surface area contributed by atoms with Gasteiger partial charge in [-0.05, 0) is 35.9 Å². The van der Waals surface area contributed by atoms with Crippen molar-refractivity contribution in [3.8, 4) is 0 Å². The molecular weight excluding hydrogens is 308 g/mol. The molecule has 6 heteroatoms. The molecule has 0 fully saturated rings. The molecule has 0 aliphatic carbocycles. The summed E-state index contributed by atoms with van der Waals surface area (Å²) in [7, 11) is 1.58. The topological polar surface area (TPSA) is 79.7 Å². The number of amides is 1. The number of hydrogen-bond donors (Lipinski definition) is 1. The quantitative estimate of drug-likeness (QED) is 0.791. The minimum Gasteiger partial charge on any atom is -0.478 e. The third-order valence-electron chi connectivity index (χ3n) is 3.31. The molecule has 0 bridgehead atoms. The molecule has 0 radical (unpaired) electrons. The summed E-state index contributed by atoms with van der Waals surface area (Å²) in [6.07, 6.45) is 5.71. The van der Waals surface area contributed by atoms with Gasteiger partial charge in [0.1, 0.15) is 0 Å². The predicted octanol–water partition coefficient (Wildman–Crippen LogP) is 2.47. The predicted molar refractivity (Wildman–Crippen MR) is 90.9 cm³/mol. The lowest BCUT2D eigenvalue weighted by Gasteiger charge is -2.22. The van der Waals surface area contributed by atoms with Crippen LogP contribution in [0.25, 0.3) is 6.08 Å². The normalized spacial score (nSPS) is 10.7. The summed E-state index contributed by atoms with van der Waals surface area (Å²) in [4.78, 5) is 28.8. The van der Waals surface area contributed by atoms with E-state index in [2.05, 4.69) is 4.98 Å². The molecule has 1 aromatic carbocycles. The Bertz CT molecular complexity index is 712. The van der Waals surface area contributed by atoms with Crippen molar-refractivity contribution in [3.63, 3.8) is 0 Å². The van der Waals surface area contributed by atoms with E-state index in [4.69, 9.17) is 9.84 Å². The molecule has 24 heavy (non-hydrogen) atoms. The molecule has 2 rings (SSSR count). The van der Waals surface area contributed by atoms with Crippen LogP contribution in [0.3, 0.4) is 0 Å². The van der Waals surface area contributed by atoms with Crippen LogP contribution in [0.4, 0.5) is 5.69 Å². The van der Waals surface area contributed by atoms with Crippen LogP contribution >= 0.6 is 0 Å².